The van der Waals surface area contributed by atoms with Crippen LogP contribution in [0.3, 0.4) is 0 Å². The first-order valence-corrected chi connectivity index (χ1v) is 8.65. The molecule has 0 saturated heterocycles. The zero-order valence-corrected chi connectivity index (χ0v) is 14.3. The van der Waals surface area contributed by atoms with Crippen LogP contribution in [-0.2, 0) is 0 Å². The van der Waals surface area contributed by atoms with Gasteiger partial charge in [0, 0.05) is 23.0 Å². The summed E-state index contributed by atoms with van der Waals surface area (Å²) in [4.78, 5) is 12.5. The molecule has 0 aromatic heterocycles. The number of aliphatic hydroxyl groups excluding tert-OH is 1. The molecule has 0 aliphatic heterocycles. The highest BCUT2D eigenvalue weighted by Crippen LogP contribution is 2.34. The van der Waals surface area contributed by atoms with Crippen LogP contribution in [0.5, 0.6) is 5.75 Å². The van der Waals surface area contributed by atoms with E-state index in [0.29, 0.717) is 12.2 Å². The molecule has 0 heterocycles. The third kappa shape index (κ3) is 5.12. The van der Waals surface area contributed by atoms with Gasteiger partial charge < -0.3 is 9.84 Å². The number of Topliss-reactive ketones (excluding diaryl/α,β-unsaturated/α-hetero) is 1. The van der Waals surface area contributed by atoms with Gasteiger partial charge in [0.2, 0.25) is 0 Å². The maximum Gasteiger partial charge on any atom is 0.164 e. The summed E-state index contributed by atoms with van der Waals surface area (Å²) in [6.07, 6.45) is 0.417. The molecule has 3 nitrogen and oxygen atoms in total. The number of rotatable bonds is 8. The van der Waals surface area contributed by atoms with Crippen molar-refractivity contribution >= 4 is 17.5 Å². The SMILES string of the molecule is COc1ccc(C(CC(=O)c2ccc(C)cc2)SCCO)cc1. The predicted molar refractivity (Wildman–Crippen MR) is 95.4 cm³/mol. The van der Waals surface area contributed by atoms with Gasteiger partial charge in [-0.1, -0.05) is 42.0 Å². The van der Waals surface area contributed by atoms with Crippen molar-refractivity contribution in [2.75, 3.05) is 19.5 Å². The molecular formula is C19H22O3S. The van der Waals surface area contributed by atoms with Crippen LogP contribution in [0.1, 0.15) is 33.2 Å². The Kier molecular flexibility index (Phi) is 6.68. The highest BCUT2D eigenvalue weighted by molar-refractivity contribution is 7.99. The minimum Gasteiger partial charge on any atom is -0.497 e. The largest absolute Gasteiger partial charge is 0.497 e. The highest BCUT2D eigenvalue weighted by atomic mass is 32.2. The van der Waals surface area contributed by atoms with Gasteiger partial charge in [0.15, 0.2) is 5.78 Å². The summed E-state index contributed by atoms with van der Waals surface area (Å²) in [5.41, 5.74) is 2.95. The molecule has 0 spiro atoms. The number of methoxy groups -OCH3 is 1. The number of carbonyl (C=O) groups is 1. The number of aryl methyl sites for hydroxylation is 1. The van der Waals surface area contributed by atoms with Crippen LogP contribution in [0.2, 0.25) is 0 Å². The molecule has 2 aromatic rings. The van der Waals surface area contributed by atoms with E-state index in [4.69, 9.17) is 9.84 Å². The van der Waals surface area contributed by atoms with E-state index < -0.39 is 0 Å². The van der Waals surface area contributed by atoms with Crippen molar-refractivity contribution in [1.29, 1.82) is 0 Å². The van der Waals surface area contributed by atoms with E-state index in [0.717, 1.165) is 22.4 Å². The molecule has 0 amide bonds. The Bertz CT molecular complexity index is 620. The summed E-state index contributed by atoms with van der Waals surface area (Å²) in [5, 5.41) is 9.13. The average molecular weight is 330 g/mol. The van der Waals surface area contributed by atoms with E-state index in [2.05, 4.69) is 0 Å². The van der Waals surface area contributed by atoms with Crippen LogP contribution in [0.4, 0.5) is 0 Å². The Morgan fingerprint density at radius 3 is 2.35 bits per heavy atom. The normalized spacial score (nSPS) is 12.0. The van der Waals surface area contributed by atoms with Crippen LogP contribution in [0.25, 0.3) is 0 Å². The topological polar surface area (TPSA) is 46.5 Å². The fourth-order valence-corrected chi connectivity index (χ4v) is 3.32. The number of hydrogen-bond donors (Lipinski definition) is 1. The van der Waals surface area contributed by atoms with Gasteiger partial charge in [0.25, 0.3) is 0 Å². The second kappa shape index (κ2) is 8.75. The number of thioether (sulfide) groups is 1. The second-order valence-electron chi connectivity index (χ2n) is 5.35. The van der Waals surface area contributed by atoms with Crippen molar-refractivity contribution < 1.29 is 14.6 Å². The Morgan fingerprint density at radius 1 is 1.13 bits per heavy atom. The second-order valence-corrected chi connectivity index (χ2v) is 6.66. The van der Waals surface area contributed by atoms with Crippen molar-refractivity contribution in [2.45, 2.75) is 18.6 Å². The Morgan fingerprint density at radius 2 is 1.78 bits per heavy atom. The molecule has 2 aromatic carbocycles. The lowest BCUT2D eigenvalue weighted by atomic mass is 10.0. The summed E-state index contributed by atoms with van der Waals surface area (Å²) in [6.45, 7) is 2.11. The van der Waals surface area contributed by atoms with Crippen molar-refractivity contribution in [1.82, 2.24) is 0 Å². The number of ketones is 1. The van der Waals surface area contributed by atoms with Crippen LogP contribution in [0.15, 0.2) is 48.5 Å². The van der Waals surface area contributed by atoms with E-state index in [9.17, 15) is 4.79 Å². The lowest BCUT2D eigenvalue weighted by Gasteiger charge is -2.16. The Hall–Kier alpha value is -1.78. The molecule has 2 rings (SSSR count). The number of carbonyl (C=O) groups excluding carboxylic acids is 1. The van der Waals surface area contributed by atoms with Gasteiger partial charge in [-0.15, -0.1) is 0 Å². The van der Waals surface area contributed by atoms with E-state index in [1.54, 1.807) is 18.9 Å². The molecule has 23 heavy (non-hydrogen) atoms. The fourth-order valence-electron chi connectivity index (χ4n) is 2.31. The molecule has 0 fully saturated rings. The summed E-state index contributed by atoms with van der Waals surface area (Å²) < 4.78 is 5.18. The molecule has 0 aliphatic carbocycles. The quantitative estimate of drug-likeness (QED) is 0.742. The molecule has 0 bridgehead atoms. The number of benzene rings is 2. The zero-order chi connectivity index (χ0) is 16.7. The summed E-state index contributed by atoms with van der Waals surface area (Å²) in [6, 6.07) is 15.4. The fraction of sp³-hybridized carbons (Fsp3) is 0.316. The van der Waals surface area contributed by atoms with Gasteiger partial charge in [-0.3, -0.25) is 4.79 Å². The standard InChI is InChI=1S/C19H22O3S/c1-14-3-5-15(6-4-14)18(21)13-19(23-12-11-20)16-7-9-17(22-2)10-8-16/h3-10,19-20H,11-13H2,1-2H3. The van der Waals surface area contributed by atoms with Crippen LogP contribution < -0.4 is 4.74 Å². The van der Waals surface area contributed by atoms with Gasteiger partial charge in [-0.2, -0.15) is 11.8 Å². The van der Waals surface area contributed by atoms with E-state index in [1.165, 1.54) is 0 Å². The van der Waals surface area contributed by atoms with Gasteiger partial charge in [-0.25, -0.2) is 0 Å². The van der Waals surface area contributed by atoms with Crippen molar-refractivity contribution in [2.24, 2.45) is 0 Å². The van der Waals surface area contributed by atoms with Crippen LogP contribution in [-0.4, -0.2) is 30.4 Å². The molecule has 122 valence electrons. The van der Waals surface area contributed by atoms with Gasteiger partial charge in [-0.05, 0) is 24.6 Å². The van der Waals surface area contributed by atoms with Gasteiger partial charge in [0.05, 0.1) is 13.7 Å². The van der Waals surface area contributed by atoms with Gasteiger partial charge in [0.1, 0.15) is 5.75 Å². The van der Waals surface area contributed by atoms with Crippen molar-refractivity contribution in [3.8, 4) is 5.75 Å². The van der Waals surface area contributed by atoms with E-state index in [-0.39, 0.29) is 17.6 Å². The number of aliphatic hydroxyl groups is 1. The van der Waals surface area contributed by atoms with Crippen LogP contribution in [0, 0.1) is 6.92 Å². The molecule has 1 atom stereocenters. The highest BCUT2D eigenvalue weighted by Gasteiger charge is 2.18. The smallest absolute Gasteiger partial charge is 0.164 e. The molecule has 0 saturated carbocycles. The summed E-state index contributed by atoms with van der Waals surface area (Å²) in [5.74, 6) is 1.53. The van der Waals surface area contributed by atoms with Gasteiger partial charge >= 0.3 is 0 Å². The predicted octanol–water partition coefficient (Wildman–Crippen LogP) is 4.04. The Labute approximate surface area is 141 Å². The zero-order valence-electron chi connectivity index (χ0n) is 13.5. The molecule has 0 radical (unpaired) electrons. The molecular weight excluding hydrogens is 308 g/mol. The lowest BCUT2D eigenvalue weighted by Crippen LogP contribution is -2.07. The van der Waals surface area contributed by atoms with E-state index >= 15 is 0 Å². The van der Waals surface area contributed by atoms with E-state index in [1.807, 2.05) is 55.5 Å². The third-order valence-electron chi connectivity index (χ3n) is 3.64. The first-order chi connectivity index (χ1) is 11.1. The lowest BCUT2D eigenvalue weighted by molar-refractivity contribution is 0.0982. The monoisotopic (exact) mass is 330 g/mol. The molecule has 0 aliphatic rings. The third-order valence-corrected chi connectivity index (χ3v) is 4.90. The summed E-state index contributed by atoms with van der Waals surface area (Å²) >= 11 is 1.60. The first kappa shape index (κ1) is 17.6. The van der Waals surface area contributed by atoms with Crippen molar-refractivity contribution in [3.05, 3.63) is 65.2 Å². The van der Waals surface area contributed by atoms with Crippen molar-refractivity contribution in [3.63, 3.8) is 0 Å². The minimum absolute atomic E-state index is 0.0295. The number of ether oxygens (including phenoxy) is 1. The average Bonchev–Trinajstić information content (AvgIpc) is 2.59. The first-order valence-electron chi connectivity index (χ1n) is 7.60. The maximum absolute atomic E-state index is 12.5. The molecule has 1 N–H and O–H groups in total. The number of hydrogen-bond acceptors (Lipinski definition) is 4. The minimum atomic E-state index is 0.0295. The molecule has 4 heteroatoms. The molecule has 1 unspecified atom stereocenters. The van der Waals surface area contributed by atoms with Crippen LogP contribution >= 0.6 is 11.8 Å². The maximum atomic E-state index is 12.5. The summed E-state index contributed by atoms with van der Waals surface area (Å²) in [7, 11) is 1.63. The Balaban J connectivity index is 2.13.